The lowest BCUT2D eigenvalue weighted by molar-refractivity contribution is -0.163. The maximum absolute atomic E-state index is 13.1. The van der Waals surface area contributed by atoms with E-state index >= 15 is 0 Å². The quantitative estimate of drug-likeness (QED) is 0.696. The number of nitrogens with one attached hydrogen (secondary N) is 1. The lowest BCUT2D eigenvalue weighted by atomic mass is 10.0. The highest BCUT2D eigenvalue weighted by molar-refractivity contribution is 8.14. The molecular weight excluding hydrogens is 406 g/mol. The van der Waals surface area contributed by atoms with Crippen molar-refractivity contribution in [3.8, 4) is 0 Å². The van der Waals surface area contributed by atoms with Crippen molar-refractivity contribution in [1.82, 2.24) is 15.3 Å². The Hall–Kier alpha value is -2.39. The number of amides is 2. The molecule has 2 heterocycles. The van der Waals surface area contributed by atoms with Gasteiger partial charge in [0.2, 0.25) is 5.91 Å². The monoisotopic (exact) mass is 433 g/mol. The van der Waals surface area contributed by atoms with E-state index in [1.807, 2.05) is 35.3 Å². The van der Waals surface area contributed by atoms with E-state index in [-0.39, 0.29) is 23.5 Å². The first kappa shape index (κ1) is 22.3. The number of carboxylic acids is 1. The first-order valence-corrected chi connectivity index (χ1v) is 11.0. The van der Waals surface area contributed by atoms with Crippen LogP contribution in [0, 0.1) is 5.92 Å². The maximum Gasteiger partial charge on any atom is 0.308 e. The van der Waals surface area contributed by atoms with Crippen molar-refractivity contribution in [2.45, 2.75) is 43.9 Å². The van der Waals surface area contributed by atoms with Gasteiger partial charge in [0.05, 0.1) is 17.7 Å². The lowest BCUT2D eigenvalue weighted by Crippen LogP contribution is -2.58. The third-order valence-electron chi connectivity index (χ3n) is 5.46. The van der Waals surface area contributed by atoms with Gasteiger partial charge in [0.1, 0.15) is 6.04 Å². The Balaban J connectivity index is 1.70. The molecule has 0 spiro atoms. The number of thioether (sulfide) groups is 1. The van der Waals surface area contributed by atoms with Crippen LogP contribution in [0.3, 0.4) is 0 Å². The molecule has 2 saturated heterocycles. The summed E-state index contributed by atoms with van der Waals surface area (Å²) >= 11 is 0.961. The summed E-state index contributed by atoms with van der Waals surface area (Å²) in [5.41, 5.74) is 0.935. The molecule has 2 amide bonds. The fraction of sp³-hybridized carbons (Fsp3) is 0.524. The summed E-state index contributed by atoms with van der Waals surface area (Å²) in [6, 6.07) is 8.71. The van der Waals surface area contributed by atoms with Gasteiger partial charge in [0.25, 0.3) is 5.91 Å². The predicted molar refractivity (Wildman–Crippen MR) is 112 cm³/mol. The number of carbonyl (C=O) groups excluding carboxylic acids is 3. The third kappa shape index (κ3) is 5.60. The zero-order chi connectivity index (χ0) is 21.7. The molecule has 9 heteroatoms. The molecular formula is C21H27N3O5S. The SMILES string of the molecule is CC(=O)S[C@@H](Cc1ccccc1)C(=O)N[C@H]1CCCN2CC[C@@H](C(=O)O)CN2C1=O. The topological polar surface area (TPSA) is 107 Å². The Morgan fingerprint density at radius 3 is 2.60 bits per heavy atom. The number of hydrogen-bond donors (Lipinski definition) is 2. The molecule has 0 bridgehead atoms. The normalized spacial score (nSPS) is 23.2. The van der Waals surface area contributed by atoms with E-state index in [2.05, 4.69) is 5.32 Å². The highest BCUT2D eigenvalue weighted by atomic mass is 32.2. The average Bonchev–Trinajstić information content (AvgIpc) is 2.86. The van der Waals surface area contributed by atoms with Gasteiger partial charge >= 0.3 is 5.97 Å². The van der Waals surface area contributed by atoms with Crippen LogP contribution in [-0.4, -0.2) is 68.9 Å². The average molecular weight is 434 g/mol. The molecule has 8 nitrogen and oxygen atoms in total. The van der Waals surface area contributed by atoms with Crippen molar-refractivity contribution in [3.63, 3.8) is 0 Å². The van der Waals surface area contributed by atoms with Crippen molar-refractivity contribution < 1.29 is 24.3 Å². The molecule has 3 rings (SSSR count). The van der Waals surface area contributed by atoms with Crippen molar-refractivity contribution in [2.24, 2.45) is 5.92 Å². The molecule has 0 aliphatic carbocycles. The second-order valence-electron chi connectivity index (χ2n) is 7.69. The number of hydrogen-bond acceptors (Lipinski definition) is 6. The van der Waals surface area contributed by atoms with Gasteiger partial charge in [-0.05, 0) is 31.2 Å². The summed E-state index contributed by atoms with van der Waals surface area (Å²) in [7, 11) is 0. The summed E-state index contributed by atoms with van der Waals surface area (Å²) < 4.78 is 0. The minimum Gasteiger partial charge on any atom is -0.481 e. The smallest absolute Gasteiger partial charge is 0.308 e. The van der Waals surface area contributed by atoms with E-state index in [1.54, 1.807) is 0 Å². The van der Waals surface area contributed by atoms with Gasteiger partial charge in [-0.3, -0.25) is 24.2 Å². The predicted octanol–water partition coefficient (Wildman–Crippen LogP) is 1.31. The number of benzene rings is 1. The molecule has 0 unspecified atom stereocenters. The van der Waals surface area contributed by atoms with Crippen LogP contribution in [0.4, 0.5) is 0 Å². The standard InChI is InChI=1S/C21H27N3O5S/c1-14(25)30-18(12-15-6-3-2-4-7-15)19(26)22-17-8-5-10-23-11-9-16(21(28)29)13-24(23)20(17)27/h2-4,6-7,16-18H,5,8-13H2,1H3,(H,22,26)(H,28,29)/t16-,17+,18+/m1/s1. The molecule has 2 fully saturated rings. The molecule has 2 aliphatic rings. The van der Waals surface area contributed by atoms with E-state index in [0.717, 1.165) is 17.3 Å². The third-order valence-corrected chi connectivity index (χ3v) is 6.46. The Morgan fingerprint density at radius 1 is 1.20 bits per heavy atom. The van der Waals surface area contributed by atoms with Crippen LogP contribution in [0.15, 0.2) is 30.3 Å². The molecule has 1 aromatic carbocycles. The van der Waals surface area contributed by atoms with Crippen LogP contribution in [0.25, 0.3) is 0 Å². The number of hydrazine groups is 1. The second-order valence-corrected chi connectivity index (χ2v) is 9.07. The van der Waals surface area contributed by atoms with Gasteiger partial charge in [0.15, 0.2) is 5.12 Å². The fourth-order valence-corrected chi connectivity index (χ4v) is 4.75. The van der Waals surface area contributed by atoms with E-state index in [4.69, 9.17) is 0 Å². The van der Waals surface area contributed by atoms with Crippen LogP contribution in [0.1, 0.15) is 31.7 Å². The minimum absolute atomic E-state index is 0.121. The van der Waals surface area contributed by atoms with Gasteiger partial charge in [-0.25, -0.2) is 5.01 Å². The molecule has 30 heavy (non-hydrogen) atoms. The fourth-order valence-electron chi connectivity index (χ4n) is 3.90. The molecule has 3 atom stereocenters. The summed E-state index contributed by atoms with van der Waals surface area (Å²) in [6.07, 6.45) is 2.09. The number of fused-ring (bicyclic) bond motifs is 1. The Kier molecular flexibility index (Phi) is 7.49. The first-order valence-electron chi connectivity index (χ1n) is 10.2. The van der Waals surface area contributed by atoms with Gasteiger partial charge < -0.3 is 10.4 Å². The Morgan fingerprint density at radius 2 is 1.93 bits per heavy atom. The van der Waals surface area contributed by atoms with Crippen LogP contribution in [0.5, 0.6) is 0 Å². The van der Waals surface area contributed by atoms with E-state index in [9.17, 15) is 24.3 Å². The van der Waals surface area contributed by atoms with Crippen LogP contribution in [0.2, 0.25) is 0 Å². The summed E-state index contributed by atoms with van der Waals surface area (Å²) in [4.78, 5) is 49.1. The van der Waals surface area contributed by atoms with Crippen LogP contribution in [-0.2, 0) is 25.6 Å². The molecule has 0 radical (unpaired) electrons. The van der Waals surface area contributed by atoms with E-state index in [0.29, 0.717) is 38.8 Å². The van der Waals surface area contributed by atoms with Gasteiger partial charge in [-0.15, -0.1) is 0 Å². The largest absolute Gasteiger partial charge is 0.481 e. The lowest BCUT2D eigenvalue weighted by Gasteiger charge is -2.40. The van der Waals surface area contributed by atoms with Crippen LogP contribution >= 0.6 is 11.8 Å². The number of aliphatic carboxylic acids is 1. The molecule has 0 saturated carbocycles. The van der Waals surface area contributed by atoms with E-state index < -0.39 is 23.2 Å². The van der Waals surface area contributed by atoms with Gasteiger partial charge in [0, 0.05) is 20.0 Å². The highest BCUT2D eigenvalue weighted by Crippen LogP contribution is 2.23. The van der Waals surface area contributed by atoms with Crippen molar-refractivity contribution in [3.05, 3.63) is 35.9 Å². The van der Waals surface area contributed by atoms with Crippen molar-refractivity contribution >= 4 is 34.7 Å². The van der Waals surface area contributed by atoms with Gasteiger partial charge in [-0.2, -0.15) is 0 Å². The molecule has 162 valence electrons. The van der Waals surface area contributed by atoms with E-state index in [1.165, 1.54) is 11.9 Å². The minimum atomic E-state index is -0.909. The zero-order valence-electron chi connectivity index (χ0n) is 17.0. The van der Waals surface area contributed by atoms with Crippen LogP contribution < -0.4 is 5.32 Å². The molecule has 1 aromatic rings. The molecule has 2 aliphatic heterocycles. The Bertz CT molecular complexity index is 803. The van der Waals surface area contributed by atoms with Crippen molar-refractivity contribution in [1.29, 1.82) is 0 Å². The zero-order valence-corrected chi connectivity index (χ0v) is 17.8. The van der Waals surface area contributed by atoms with Crippen molar-refractivity contribution in [2.75, 3.05) is 19.6 Å². The first-order chi connectivity index (χ1) is 14.3. The maximum atomic E-state index is 13.1. The summed E-state index contributed by atoms with van der Waals surface area (Å²) in [5.74, 6) is -2.14. The van der Waals surface area contributed by atoms with Gasteiger partial charge in [-0.1, -0.05) is 42.1 Å². The summed E-state index contributed by atoms with van der Waals surface area (Å²) in [5, 5.41) is 14.7. The molecule has 0 aromatic heterocycles. The second kappa shape index (κ2) is 10.1. The number of nitrogens with zero attached hydrogens (tertiary/aromatic N) is 2. The highest BCUT2D eigenvalue weighted by Gasteiger charge is 2.39. The molecule has 2 N–H and O–H groups in total. The number of carbonyl (C=O) groups is 4. The Labute approximate surface area is 179 Å². The number of carboxylic acid groups (broad SMARTS) is 1. The number of rotatable bonds is 6. The summed E-state index contributed by atoms with van der Waals surface area (Å²) in [6.45, 7) is 2.71.